The first-order chi connectivity index (χ1) is 7.74. The molecule has 1 aliphatic rings. The smallest absolute Gasteiger partial charge is 0.189 e. The van der Waals surface area contributed by atoms with Crippen molar-refractivity contribution in [2.45, 2.75) is 19.8 Å². The number of carbonyl (C=O) groups is 1. The van der Waals surface area contributed by atoms with E-state index in [1.807, 2.05) is 12.1 Å². The van der Waals surface area contributed by atoms with Crippen LogP contribution in [0, 0.1) is 0 Å². The van der Waals surface area contributed by atoms with Crippen LogP contribution in [-0.2, 0) is 12.8 Å². The second-order valence-corrected chi connectivity index (χ2v) is 3.84. The number of phenolic OH excluding ortho intramolecular Hbond substituents is 1. The lowest BCUT2D eigenvalue weighted by molar-refractivity contribution is 0.104. The molecule has 0 aliphatic heterocycles. The van der Waals surface area contributed by atoms with Gasteiger partial charge in [-0.3, -0.25) is 4.79 Å². The summed E-state index contributed by atoms with van der Waals surface area (Å²) >= 11 is 0. The Morgan fingerprint density at radius 2 is 2.06 bits per heavy atom. The molecule has 2 nitrogen and oxygen atoms in total. The average molecular weight is 214 g/mol. The highest BCUT2D eigenvalue weighted by Crippen LogP contribution is 2.30. The molecular weight excluding hydrogens is 200 g/mol. The molecule has 0 spiro atoms. The van der Waals surface area contributed by atoms with Gasteiger partial charge in [0.25, 0.3) is 0 Å². The van der Waals surface area contributed by atoms with Crippen molar-refractivity contribution in [1.82, 2.24) is 0 Å². The number of fused-ring (bicyclic) bond motifs is 1. The lowest BCUT2D eigenvalue weighted by Gasteiger charge is -2.14. The van der Waals surface area contributed by atoms with Crippen LogP contribution < -0.4 is 0 Å². The van der Waals surface area contributed by atoms with Crippen LogP contribution in [0.2, 0.25) is 0 Å². The summed E-state index contributed by atoms with van der Waals surface area (Å²) < 4.78 is 0. The van der Waals surface area contributed by atoms with Gasteiger partial charge < -0.3 is 5.11 Å². The Kier molecular flexibility index (Phi) is 2.91. The first-order valence-corrected chi connectivity index (χ1v) is 5.39. The van der Waals surface area contributed by atoms with Gasteiger partial charge in [0.2, 0.25) is 0 Å². The van der Waals surface area contributed by atoms with E-state index < -0.39 is 0 Å². The SMILES string of the molecule is C/C=C/C(=O)c1ccc2c(c1O)CC=CC2. The van der Waals surface area contributed by atoms with Crippen molar-refractivity contribution in [2.24, 2.45) is 0 Å². The maximum Gasteiger partial charge on any atom is 0.189 e. The summed E-state index contributed by atoms with van der Waals surface area (Å²) in [6.45, 7) is 1.79. The van der Waals surface area contributed by atoms with Crippen molar-refractivity contribution >= 4 is 5.78 Å². The third kappa shape index (κ3) is 1.78. The number of hydrogen-bond acceptors (Lipinski definition) is 2. The Morgan fingerprint density at radius 1 is 1.31 bits per heavy atom. The van der Waals surface area contributed by atoms with Crippen LogP contribution in [0.15, 0.2) is 36.4 Å². The van der Waals surface area contributed by atoms with E-state index >= 15 is 0 Å². The number of allylic oxidation sites excluding steroid dienone is 4. The lowest BCUT2D eigenvalue weighted by Crippen LogP contribution is -2.03. The third-order valence-corrected chi connectivity index (χ3v) is 2.79. The standard InChI is InChI=1S/C14H14O2/c1-2-5-13(15)12-9-8-10-6-3-4-7-11(10)14(12)16/h2-5,8-9,16H,6-7H2,1H3/b5-2+. The van der Waals surface area contributed by atoms with Gasteiger partial charge in [-0.05, 0) is 37.5 Å². The summed E-state index contributed by atoms with van der Waals surface area (Å²) in [5.41, 5.74) is 2.39. The second kappa shape index (κ2) is 4.35. The third-order valence-electron chi connectivity index (χ3n) is 2.79. The molecule has 0 atom stereocenters. The van der Waals surface area contributed by atoms with Gasteiger partial charge in [0.05, 0.1) is 5.56 Å². The molecule has 0 amide bonds. The molecule has 1 aromatic rings. The van der Waals surface area contributed by atoms with Crippen molar-refractivity contribution in [1.29, 1.82) is 0 Å². The van der Waals surface area contributed by atoms with E-state index in [4.69, 9.17) is 0 Å². The fourth-order valence-electron chi connectivity index (χ4n) is 1.95. The van der Waals surface area contributed by atoms with Crippen molar-refractivity contribution in [3.63, 3.8) is 0 Å². The minimum Gasteiger partial charge on any atom is -0.507 e. The largest absolute Gasteiger partial charge is 0.507 e. The topological polar surface area (TPSA) is 37.3 Å². The second-order valence-electron chi connectivity index (χ2n) is 3.84. The Hall–Kier alpha value is -1.83. The van der Waals surface area contributed by atoms with Crippen molar-refractivity contribution in [3.05, 3.63) is 53.1 Å². The van der Waals surface area contributed by atoms with Gasteiger partial charge in [0.15, 0.2) is 5.78 Å². The molecule has 0 unspecified atom stereocenters. The summed E-state index contributed by atoms with van der Waals surface area (Å²) in [5.74, 6) is 0.00213. The van der Waals surface area contributed by atoms with Gasteiger partial charge >= 0.3 is 0 Å². The van der Waals surface area contributed by atoms with Gasteiger partial charge in [0, 0.05) is 5.56 Å². The van der Waals surface area contributed by atoms with Crippen LogP contribution in [0.1, 0.15) is 28.4 Å². The molecule has 0 fully saturated rings. The number of ketones is 1. The summed E-state index contributed by atoms with van der Waals surface area (Å²) in [4.78, 5) is 11.7. The predicted molar refractivity (Wildman–Crippen MR) is 63.8 cm³/mol. The number of carbonyl (C=O) groups excluding carboxylic acids is 1. The fourth-order valence-corrected chi connectivity index (χ4v) is 1.95. The number of hydrogen-bond donors (Lipinski definition) is 1. The quantitative estimate of drug-likeness (QED) is 0.467. The zero-order valence-corrected chi connectivity index (χ0v) is 9.23. The summed E-state index contributed by atoms with van der Waals surface area (Å²) in [5, 5.41) is 10.0. The van der Waals surface area contributed by atoms with E-state index in [2.05, 4.69) is 6.08 Å². The highest BCUT2D eigenvalue weighted by molar-refractivity contribution is 6.06. The van der Waals surface area contributed by atoms with Gasteiger partial charge in [-0.25, -0.2) is 0 Å². The van der Waals surface area contributed by atoms with Crippen molar-refractivity contribution in [2.75, 3.05) is 0 Å². The van der Waals surface area contributed by atoms with Gasteiger partial charge in [-0.2, -0.15) is 0 Å². The average Bonchev–Trinajstić information content (AvgIpc) is 2.30. The number of phenols is 1. The fraction of sp³-hybridized carbons (Fsp3) is 0.214. The zero-order valence-electron chi connectivity index (χ0n) is 9.23. The number of benzene rings is 1. The molecule has 0 radical (unpaired) electrons. The Labute approximate surface area is 94.9 Å². The van der Waals surface area contributed by atoms with Crippen molar-refractivity contribution in [3.8, 4) is 5.75 Å². The minimum atomic E-state index is -0.141. The van der Waals surface area contributed by atoms with E-state index in [1.54, 1.807) is 19.1 Å². The summed E-state index contributed by atoms with van der Waals surface area (Å²) in [7, 11) is 0. The Morgan fingerprint density at radius 3 is 2.81 bits per heavy atom. The molecule has 16 heavy (non-hydrogen) atoms. The minimum absolute atomic E-state index is 0.141. The zero-order chi connectivity index (χ0) is 11.5. The monoisotopic (exact) mass is 214 g/mol. The lowest BCUT2D eigenvalue weighted by atomic mass is 9.92. The molecule has 82 valence electrons. The van der Waals surface area contributed by atoms with E-state index in [0.717, 1.165) is 17.5 Å². The van der Waals surface area contributed by atoms with Crippen LogP contribution in [0.3, 0.4) is 0 Å². The van der Waals surface area contributed by atoms with Gasteiger partial charge in [-0.1, -0.05) is 24.3 Å². The molecule has 1 aliphatic carbocycles. The van der Waals surface area contributed by atoms with Crippen molar-refractivity contribution < 1.29 is 9.90 Å². The van der Waals surface area contributed by atoms with Gasteiger partial charge in [0.1, 0.15) is 5.75 Å². The molecule has 0 aromatic heterocycles. The van der Waals surface area contributed by atoms with Gasteiger partial charge in [-0.15, -0.1) is 0 Å². The number of aromatic hydroxyl groups is 1. The maximum atomic E-state index is 11.7. The first-order valence-electron chi connectivity index (χ1n) is 5.39. The molecule has 1 aromatic carbocycles. The van der Waals surface area contributed by atoms with E-state index in [1.165, 1.54) is 6.08 Å². The molecule has 1 N–H and O–H groups in total. The predicted octanol–water partition coefficient (Wildman–Crippen LogP) is 2.81. The van der Waals surface area contributed by atoms with E-state index in [9.17, 15) is 9.90 Å². The number of rotatable bonds is 2. The molecule has 0 saturated carbocycles. The molecule has 0 saturated heterocycles. The van der Waals surface area contributed by atoms with E-state index in [-0.39, 0.29) is 11.5 Å². The highest BCUT2D eigenvalue weighted by Gasteiger charge is 2.16. The highest BCUT2D eigenvalue weighted by atomic mass is 16.3. The molecule has 0 heterocycles. The molecule has 0 bridgehead atoms. The Bertz CT molecular complexity index is 482. The molecule has 2 heteroatoms. The molecular formula is C14H14O2. The summed E-state index contributed by atoms with van der Waals surface area (Å²) in [6.07, 6.45) is 8.79. The van der Waals surface area contributed by atoms with Crippen LogP contribution >= 0.6 is 0 Å². The first kappa shape index (κ1) is 10.7. The van der Waals surface area contributed by atoms with Crippen LogP contribution in [0.25, 0.3) is 0 Å². The van der Waals surface area contributed by atoms with Crippen LogP contribution in [-0.4, -0.2) is 10.9 Å². The van der Waals surface area contributed by atoms with E-state index in [0.29, 0.717) is 12.0 Å². The van der Waals surface area contributed by atoms with Crippen LogP contribution in [0.5, 0.6) is 5.75 Å². The maximum absolute atomic E-state index is 11.7. The van der Waals surface area contributed by atoms with Crippen LogP contribution in [0.4, 0.5) is 0 Å². The normalized spacial score (nSPS) is 14.1. The molecule has 2 rings (SSSR count). The Balaban J connectivity index is 2.47. The summed E-state index contributed by atoms with van der Waals surface area (Å²) in [6, 6.07) is 3.63.